The van der Waals surface area contributed by atoms with Gasteiger partial charge in [-0.3, -0.25) is 9.69 Å². The van der Waals surface area contributed by atoms with Crippen molar-refractivity contribution in [1.29, 1.82) is 0 Å². The number of nitrogens with one attached hydrogen (secondary N) is 3. The summed E-state index contributed by atoms with van der Waals surface area (Å²) in [5.41, 5.74) is 1.31. The Morgan fingerprint density at radius 3 is 2.59 bits per heavy atom. The highest BCUT2D eigenvalue weighted by atomic mass is 16.5. The number of methoxy groups -OCH3 is 1. The predicted molar refractivity (Wildman–Crippen MR) is 111 cm³/mol. The van der Waals surface area contributed by atoms with E-state index in [9.17, 15) is 4.79 Å². The van der Waals surface area contributed by atoms with Crippen LogP contribution in [0.25, 0.3) is 0 Å². The molecule has 0 spiro atoms. The number of benzene rings is 1. The van der Waals surface area contributed by atoms with Crippen LogP contribution in [0, 0.1) is 0 Å². The maximum atomic E-state index is 11.7. The number of ether oxygens (including phenoxy) is 1. The molecular formula is C20H35N5O2. The first-order chi connectivity index (χ1) is 13.1. The van der Waals surface area contributed by atoms with Crippen LogP contribution in [0.4, 0.5) is 0 Å². The van der Waals surface area contributed by atoms with E-state index in [4.69, 9.17) is 4.74 Å². The molecule has 1 atom stereocenters. The molecule has 1 rings (SSSR count). The summed E-state index contributed by atoms with van der Waals surface area (Å²) in [7, 11) is 3.75. The van der Waals surface area contributed by atoms with Crippen LogP contribution < -0.4 is 16.0 Å². The maximum Gasteiger partial charge on any atom is 0.241 e. The zero-order valence-electron chi connectivity index (χ0n) is 17.1. The molecule has 1 unspecified atom stereocenters. The number of guanidine groups is 1. The summed E-state index contributed by atoms with van der Waals surface area (Å²) < 4.78 is 4.91. The third-order valence-electron chi connectivity index (χ3n) is 4.24. The Morgan fingerprint density at radius 2 is 1.93 bits per heavy atom. The van der Waals surface area contributed by atoms with Gasteiger partial charge >= 0.3 is 0 Å². The minimum atomic E-state index is -0.111. The van der Waals surface area contributed by atoms with Gasteiger partial charge in [-0.1, -0.05) is 30.3 Å². The predicted octanol–water partition coefficient (Wildman–Crippen LogP) is 1.21. The van der Waals surface area contributed by atoms with E-state index in [0.717, 1.165) is 26.1 Å². The Kier molecular flexibility index (Phi) is 11.9. The van der Waals surface area contributed by atoms with E-state index in [1.807, 2.05) is 13.0 Å². The van der Waals surface area contributed by atoms with Gasteiger partial charge in [-0.2, -0.15) is 0 Å². The summed E-state index contributed by atoms with van der Waals surface area (Å²) in [5.74, 6) is 0.553. The van der Waals surface area contributed by atoms with E-state index in [0.29, 0.717) is 25.2 Å². The van der Waals surface area contributed by atoms with Crippen LogP contribution in [-0.4, -0.2) is 69.8 Å². The lowest BCUT2D eigenvalue weighted by atomic mass is 10.1. The highest BCUT2D eigenvalue weighted by Gasteiger charge is 2.10. The smallest absolute Gasteiger partial charge is 0.241 e. The van der Waals surface area contributed by atoms with Crippen LogP contribution in [0.1, 0.15) is 25.8 Å². The molecule has 0 aliphatic carbocycles. The quantitative estimate of drug-likeness (QED) is 0.290. The number of amides is 1. The van der Waals surface area contributed by atoms with Gasteiger partial charge in [0.1, 0.15) is 6.54 Å². The normalized spacial score (nSPS) is 12.7. The summed E-state index contributed by atoms with van der Waals surface area (Å²) in [6, 6.07) is 10.9. The standard InChI is InChI=1S/C20H35N5O2/c1-5-21-20(24-15-19(26)22-13-14-27-4)23-12-11-17(2)25(3)16-18-9-7-6-8-10-18/h6-10,17H,5,11-16H2,1-4H3,(H,22,26)(H2,21,23,24). The summed E-state index contributed by atoms with van der Waals surface area (Å²) in [5, 5.41) is 9.23. The Morgan fingerprint density at radius 1 is 1.19 bits per heavy atom. The van der Waals surface area contributed by atoms with Crippen molar-refractivity contribution < 1.29 is 9.53 Å². The highest BCUT2D eigenvalue weighted by Crippen LogP contribution is 2.07. The zero-order valence-corrected chi connectivity index (χ0v) is 17.1. The average Bonchev–Trinajstić information content (AvgIpc) is 2.67. The molecule has 27 heavy (non-hydrogen) atoms. The van der Waals surface area contributed by atoms with Gasteiger partial charge in [-0.05, 0) is 32.9 Å². The molecule has 7 nitrogen and oxygen atoms in total. The van der Waals surface area contributed by atoms with Crippen molar-refractivity contribution in [1.82, 2.24) is 20.9 Å². The number of rotatable bonds is 12. The second-order valence-corrected chi connectivity index (χ2v) is 6.50. The molecule has 0 aliphatic heterocycles. The van der Waals surface area contributed by atoms with E-state index in [1.54, 1.807) is 7.11 Å². The van der Waals surface area contributed by atoms with Gasteiger partial charge in [-0.25, -0.2) is 4.99 Å². The average molecular weight is 378 g/mol. The Bertz CT molecular complexity index is 551. The monoisotopic (exact) mass is 377 g/mol. The van der Waals surface area contributed by atoms with Crippen LogP contribution in [0.15, 0.2) is 35.3 Å². The van der Waals surface area contributed by atoms with Crippen LogP contribution in [0.5, 0.6) is 0 Å². The van der Waals surface area contributed by atoms with Crippen molar-refractivity contribution in [3.8, 4) is 0 Å². The van der Waals surface area contributed by atoms with Crippen LogP contribution in [0.3, 0.4) is 0 Å². The number of carbonyl (C=O) groups is 1. The third kappa shape index (κ3) is 10.6. The van der Waals surface area contributed by atoms with Gasteiger partial charge in [0.2, 0.25) is 5.91 Å². The first-order valence-corrected chi connectivity index (χ1v) is 9.58. The molecule has 0 saturated heterocycles. The van der Waals surface area contributed by atoms with Gasteiger partial charge < -0.3 is 20.7 Å². The second-order valence-electron chi connectivity index (χ2n) is 6.50. The fourth-order valence-corrected chi connectivity index (χ4v) is 2.49. The molecule has 1 aromatic carbocycles. The van der Waals surface area contributed by atoms with Gasteiger partial charge in [0.15, 0.2) is 5.96 Å². The number of hydrogen-bond acceptors (Lipinski definition) is 4. The number of hydrogen-bond donors (Lipinski definition) is 3. The lowest BCUT2D eigenvalue weighted by Gasteiger charge is -2.25. The molecule has 1 aromatic rings. The van der Waals surface area contributed by atoms with E-state index in [2.05, 4.69) is 64.1 Å². The van der Waals surface area contributed by atoms with Crippen LogP contribution >= 0.6 is 0 Å². The van der Waals surface area contributed by atoms with Crippen molar-refractivity contribution in [2.45, 2.75) is 32.9 Å². The van der Waals surface area contributed by atoms with Gasteiger partial charge in [-0.15, -0.1) is 0 Å². The molecule has 152 valence electrons. The van der Waals surface area contributed by atoms with E-state index in [-0.39, 0.29) is 12.5 Å². The topological polar surface area (TPSA) is 78.0 Å². The Labute approximate surface area is 163 Å². The molecule has 1 amide bonds. The molecule has 0 fully saturated rings. The first kappa shape index (κ1) is 22.9. The molecule has 0 saturated carbocycles. The number of nitrogens with zero attached hydrogens (tertiary/aromatic N) is 2. The molecular weight excluding hydrogens is 342 g/mol. The fraction of sp³-hybridized carbons (Fsp3) is 0.600. The molecule has 7 heteroatoms. The lowest BCUT2D eigenvalue weighted by Crippen LogP contribution is -2.41. The summed E-state index contributed by atoms with van der Waals surface area (Å²) in [4.78, 5) is 18.4. The summed E-state index contributed by atoms with van der Waals surface area (Å²) in [6.45, 7) is 7.80. The largest absolute Gasteiger partial charge is 0.383 e. The van der Waals surface area contributed by atoms with Gasteiger partial charge in [0, 0.05) is 39.3 Å². The van der Waals surface area contributed by atoms with Crippen LogP contribution in [-0.2, 0) is 16.1 Å². The van der Waals surface area contributed by atoms with Gasteiger partial charge in [0.05, 0.1) is 6.61 Å². The highest BCUT2D eigenvalue weighted by molar-refractivity contribution is 5.84. The zero-order chi connectivity index (χ0) is 19.9. The molecule has 0 aliphatic rings. The third-order valence-corrected chi connectivity index (χ3v) is 4.24. The van der Waals surface area contributed by atoms with Crippen molar-refractivity contribution in [2.24, 2.45) is 4.99 Å². The summed E-state index contributed by atoms with van der Waals surface area (Å²) >= 11 is 0. The molecule has 3 N–H and O–H groups in total. The Hall–Kier alpha value is -2.12. The van der Waals surface area contributed by atoms with E-state index < -0.39 is 0 Å². The molecule has 0 aromatic heterocycles. The van der Waals surface area contributed by atoms with Crippen molar-refractivity contribution in [2.75, 3.05) is 46.9 Å². The lowest BCUT2D eigenvalue weighted by molar-refractivity contribution is -0.119. The number of carbonyl (C=O) groups excluding carboxylic acids is 1. The van der Waals surface area contributed by atoms with E-state index >= 15 is 0 Å². The SMILES string of the molecule is CCNC(=NCC(=O)NCCOC)NCCC(C)N(C)Cc1ccccc1. The second kappa shape index (κ2) is 14.0. The van der Waals surface area contributed by atoms with Crippen LogP contribution in [0.2, 0.25) is 0 Å². The number of aliphatic imine (C=N–C) groups is 1. The molecule has 0 heterocycles. The maximum absolute atomic E-state index is 11.7. The van der Waals surface area contributed by atoms with Crippen molar-refractivity contribution in [3.05, 3.63) is 35.9 Å². The van der Waals surface area contributed by atoms with Crippen molar-refractivity contribution in [3.63, 3.8) is 0 Å². The minimum absolute atomic E-state index is 0.0997. The van der Waals surface area contributed by atoms with E-state index in [1.165, 1.54) is 5.56 Å². The van der Waals surface area contributed by atoms with Crippen molar-refractivity contribution >= 4 is 11.9 Å². The fourth-order valence-electron chi connectivity index (χ4n) is 2.49. The Balaban J connectivity index is 2.35. The minimum Gasteiger partial charge on any atom is -0.383 e. The molecule has 0 bridgehead atoms. The van der Waals surface area contributed by atoms with Gasteiger partial charge in [0.25, 0.3) is 0 Å². The molecule has 0 radical (unpaired) electrons. The summed E-state index contributed by atoms with van der Waals surface area (Å²) in [6.07, 6.45) is 0.980. The first-order valence-electron chi connectivity index (χ1n) is 9.58.